The minimum atomic E-state index is -1.79. The van der Waals surface area contributed by atoms with E-state index in [9.17, 15) is 4.79 Å². The van der Waals surface area contributed by atoms with Crippen molar-refractivity contribution in [1.29, 1.82) is 0 Å². The summed E-state index contributed by atoms with van der Waals surface area (Å²) >= 11 is 0. The number of aldehydes is 1. The third-order valence-corrected chi connectivity index (χ3v) is 9.80. The Morgan fingerprint density at radius 2 is 1.85 bits per heavy atom. The normalized spacial score (nSPS) is 25.2. The Labute approximate surface area is 126 Å². The summed E-state index contributed by atoms with van der Waals surface area (Å²) in [5, 5.41) is 0.208. The predicted octanol–water partition coefficient (Wildman–Crippen LogP) is 4.96. The van der Waals surface area contributed by atoms with Crippen LogP contribution in [0.5, 0.6) is 0 Å². The minimum absolute atomic E-state index is 0.136. The van der Waals surface area contributed by atoms with Gasteiger partial charge in [0.25, 0.3) is 0 Å². The predicted molar refractivity (Wildman–Crippen MR) is 88.4 cm³/mol. The zero-order valence-electron chi connectivity index (χ0n) is 14.5. The zero-order valence-corrected chi connectivity index (χ0v) is 15.5. The van der Waals surface area contributed by atoms with E-state index in [0.29, 0.717) is 11.8 Å². The van der Waals surface area contributed by atoms with E-state index in [4.69, 9.17) is 4.43 Å². The Kier molecular flexibility index (Phi) is 5.42. The highest BCUT2D eigenvalue weighted by atomic mass is 28.4. The quantitative estimate of drug-likeness (QED) is 0.541. The van der Waals surface area contributed by atoms with Gasteiger partial charge < -0.3 is 4.43 Å². The molecule has 0 fully saturated rings. The third-order valence-electron chi connectivity index (χ3n) is 5.32. The van der Waals surface area contributed by atoms with Crippen LogP contribution in [0.3, 0.4) is 0 Å². The van der Waals surface area contributed by atoms with Crippen LogP contribution in [0, 0.1) is 11.8 Å². The molecule has 0 saturated carbocycles. The lowest BCUT2D eigenvalue weighted by molar-refractivity contribution is -0.105. The second-order valence-corrected chi connectivity index (χ2v) is 12.9. The molecule has 20 heavy (non-hydrogen) atoms. The lowest BCUT2D eigenvalue weighted by Gasteiger charge is -2.42. The molecular formula is C17H32O2Si. The molecule has 0 heterocycles. The smallest absolute Gasteiger partial charge is 0.192 e. The fraction of sp³-hybridized carbons (Fsp3) is 0.824. The summed E-state index contributed by atoms with van der Waals surface area (Å²) in [6.45, 7) is 18.0. The van der Waals surface area contributed by atoms with Gasteiger partial charge in [0.2, 0.25) is 0 Å². The van der Waals surface area contributed by atoms with E-state index in [1.165, 1.54) is 5.57 Å². The van der Waals surface area contributed by atoms with Crippen molar-refractivity contribution in [3.8, 4) is 0 Å². The molecule has 1 aliphatic rings. The van der Waals surface area contributed by atoms with Crippen LogP contribution in [0.1, 0.15) is 54.4 Å². The SMILES string of the molecule is CC1=C(C=O)C[C@H](C(C)C)CC1O[Si](C)(C)C(C)(C)C. The Hall–Kier alpha value is -0.413. The Morgan fingerprint density at radius 3 is 2.25 bits per heavy atom. The van der Waals surface area contributed by atoms with Crippen LogP contribution in [0.15, 0.2) is 11.1 Å². The molecule has 116 valence electrons. The largest absolute Gasteiger partial charge is 0.410 e. The Balaban J connectivity index is 3.00. The van der Waals surface area contributed by atoms with E-state index in [-0.39, 0.29) is 11.1 Å². The topological polar surface area (TPSA) is 26.3 Å². The molecule has 2 atom stereocenters. The summed E-state index contributed by atoms with van der Waals surface area (Å²) in [5.74, 6) is 1.16. The first-order valence-corrected chi connectivity index (χ1v) is 10.7. The van der Waals surface area contributed by atoms with Gasteiger partial charge in [-0.2, -0.15) is 0 Å². The zero-order chi connectivity index (χ0) is 15.7. The number of carbonyl (C=O) groups excluding carboxylic acids is 1. The van der Waals surface area contributed by atoms with E-state index in [0.717, 1.165) is 24.7 Å². The van der Waals surface area contributed by atoms with E-state index >= 15 is 0 Å². The Morgan fingerprint density at radius 1 is 1.30 bits per heavy atom. The number of allylic oxidation sites excluding steroid dienone is 1. The molecule has 1 rings (SSSR count). The van der Waals surface area contributed by atoms with Crippen LogP contribution in [0.2, 0.25) is 18.1 Å². The first-order chi connectivity index (χ1) is 8.99. The number of hydrogen-bond donors (Lipinski definition) is 0. The minimum Gasteiger partial charge on any atom is -0.410 e. The highest BCUT2D eigenvalue weighted by molar-refractivity contribution is 6.74. The second kappa shape index (κ2) is 6.14. The fourth-order valence-corrected chi connectivity index (χ4v) is 3.84. The van der Waals surface area contributed by atoms with E-state index in [1.807, 2.05) is 0 Å². The molecule has 0 aromatic rings. The molecule has 0 spiro atoms. The average molecular weight is 297 g/mol. The Bertz CT molecular complexity index is 388. The van der Waals surface area contributed by atoms with Gasteiger partial charge in [-0.1, -0.05) is 34.6 Å². The van der Waals surface area contributed by atoms with Crippen molar-refractivity contribution in [2.75, 3.05) is 0 Å². The second-order valence-electron chi connectivity index (χ2n) is 8.14. The molecular weight excluding hydrogens is 264 g/mol. The molecule has 0 amide bonds. The number of rotatable bonds is 4. The van der Waals surface area contributed by atoms with Crippen molar-refractivity contribution in [2.24, 2.45) is 11.8 Å². The van der Waals surface area contributed by atoms with Gasteiger partial charge in [-0.3, -0.25) is 4.79 Å². The van der Waals surface area contributed by atoms with Crippen LogP contribution in [-0.4, -0.2) is 20.7 Å². The van der Waals surface area contributed by atoms with Crippen molar-refractivity contribution in [3.63, 3.8) is 0 Å². The summed E-state index contributed by atoms with van der Waals surface area (Å²) in [6.07, 6.45) is 3.17. The summed E-state index contributed by atoms with van der Waals surface area (Å²) < 4.78 is 6.59. The van der Waals surface area contributed by atoms with Crippen LogP contribution in [-0.2, 0) is 9.22 Å². The van der Waals surface area contributed by atoms with Gasteiger partial charge in [0.05, 0.1) is 6.10 Å². The highest BCUT2D eigenvalue weighted by Gasteiger charge is 2.41. The van der Waals surface area contributed by atoms with E-state index < -0.39 is 8.32 Å². The molecule has 2 nitrogen and oxygen atoms in total. The molecule has 0 bridgehead atoms. The summed E-state index contributed by atoms with van der Waals surface area (Å²) in [6, 6.07) is 0. The lowest BCUT2D eigenvalue weighted by Crippen LogP contribution is -2.45. The van der Waals surface area contributed by atoms with Crippen molar-refractivity contribution in [2.45, 2.75) is 78.6 Å². The molecule has 0 aromatic carbocycles. The van der Waals surface area contributed by atoms with Gasteiger partial charge in [0.1, 0.15) is 6.29 Å². The third kappa shape index (κ3) is 3.82. The van der Waals surface area contributed by atoms with Crippen LogP contribution >= 0.6 is 0 Å². The molecule has 0 saturated heterocycles. The number of carbonyl (C=O) groups is 1. The molecule has 1 aliphatic carbocycles. The maximum atomic E-state index is 11.3. The van der Waals surface area contributed by atoms with Crippen molar-refractivity contribution < 1.29 is 9.22 Å². The summed E-state index contributed by atoms with van der Waals surface area (Å²) in [7, 11) is -1.79. The van der Waals surface area contributed by atoms with Gasteiger partial charge in [0, 0.05) is 0 Å². The highest BCUT2D eigenvalue weighted by Crippen LogP contribution is 2.41. The van der Waals surface area contributed by atoms with Crippen molar-refractivity contribution >= 4 is 14.6 Å². The first-order valence-electron chi connectivity index (χ1n) is 7.82. The van der Waals surface area contributed by atoms with E-state index in [2.05, 4.69) is 54.6 Å². The van der Waals surface area contributed by atoms with Gasteiger partial charge in [0.15, 0.2) is 8.32 Å². The van der Waals surface area contributed by atoms with Gasteiger partial charge in [-0.25, -0.2) is 0 Å². The van der Waals surface area contributed by atoms with Crippen LogP contribution in [0.25, 0.3) is 0 Å². The molecule has 0 aromatic heterocycles. The first kappa shape index (κ1) is 17.6. The summed E-state index contributed by atoms with van der Waals surface area (Å²) in [5.41, 5.74) is 2.14. The van der Waals surface area contributed by atoms with Crippen molar-refractivity contribution in [1.82, 2.24) is 0 Å². The molecule has 1 unspecified atom stereocenters. The average Bonchev–Trinajstić information content (AvgIpc) is 2.29. The van der Waals surface area contributed by atoms with Gasteiger partial charge in [-0.05, 0) is 60.9 Å². The van der Waals surface area contributed by atoms with E-state index in [1.54, 1.807) is 0 Å². The van der Waals surface area contributed by atoms with Gasteiger partial charge >= 0.3 is 0 Å². The standard InChI is InChI=1S/C17H32O2Si/c1-12(2)14-9-15(11-18)13(3)16(10-14)19-20(7,8)17(4,5)6/h11-12,14,16H,9-10H2,1-8H3/t14-,16?/m0/s1. The summed E-state index contributed by atoms with van der Waals surface area (Å²) in [4.78, 5) is 11.3. The molecule has 0 aliphatic heterocycles. The molecule has 3 heteroatoms. The number of hydrogen-bond acceptors (Lipinski definition) is 2. The lowest BCUT2D eigenvalue weighted by atomic mass is 9.77. The fourth-order valence-electron chi connectivity index (χ4n) is 2.50. The van der Waals surface area contributed by atoms with Crippen LogP contribution < -0.4 is 0 Å². The maximum absolute atomic E-state index is 11.3. The molecule has 0 N–H and O–H groups in total. The monoisotopic (exact) mass is 296 g/mol. The molecule has 0 radical (unpaired) electrons. The van der Waals surface area contributed by atoms with Crippen molar-refractivity contribution in [3.05, 3.63) is 11.1 Å². The maximum Gasteiger partial charge on any atom is 0.192 e. The van der Waals surface area contributed by atoms with Crippen LogP contribution in [0.4, 0.5) is 0 Å². The van der Waals surface area contributed by atoms with Gasteiger partial charge in [-0.15, -0.1) is 0 Å².